The van der Waals surface area contributed by atoms with Crippen LogP contribution in [0.15, 0.2) is 146 Å². The maximum absolute atomic E-state index is 13.0. The van der Waals surface area contributed by atoms with Crippen molar-refractivity contribution in [3.8, 4) is 68.3 Å². The minimum absolute atomic E-state index is 0.293. The number of aromatic nitrogens is 6. The third-order valence-electron chi connectivity index (χ3n) is 11.7. The highest BCUT2D eigenvalue weighted by Gasteiger charge is 2.15. The Hall–Kier alpha value is -9.02. The van der Waals surface area contributed by atoms with Gasteiger partial charge in [0.25, 0.3) is 0 Å². The van der Waals surface area contributed by atoms with E-state index in [0.29, 0.717) is 28.6 Å². The molecule has 0 aliphatic heterocycles. The second-order valence-corrected chi connectivity index (χ2v) is 17.0. The van der Waals surface area contributed by atoms with Gasteiger partial charge in [0, 0.05) is 74.1 Å². The number of rotatable bonds is 15. The molecule has 0 unspecified atom stereocenters. The van der Waals surface area contributed by atoms with Crippen LogP contribution in [0.3, 0.4) is 0 Å². The number of aryl methyl sites for hydroxylation is 1. The van der Waals surface area contributed by atoms with Crippen LogP contribution in [0.2, 0.25) is 5.02 Å². The number of para-hydroxylation sites is 1. The molecule has 0 atom stereocenters. The van der Waals surface area contributed by atoms with E-state index in [1.54, 1.807) is 79.4 Å². The molecule has 75 heavy (non-hydrogen) atoms. The number of ether oxygens (including phenoxy) is 6. The van der Waals surface area contributed by atoms with Gasteiger partial charge in [-0.05, 0) is 136 Å². The molecule has 3 aromatic heterocycles. The van der Waals surface area contributed by atoms with Crippen LogP contribution in [0.5, 0.6) is 34.5 Å². The van der Waals surface area contributed by atoms with Crippen molar-refractivity contribution in [1.29, 1.82) is 0 Å². The summed E-state index contributed by atoms with van der Waals surface area (Å²) in [5, 5.41) is 10.1. The van der Waals surface area contributed by atoms with E-state index in [1.807, 2.05) is 125 Å². The maximum Gasteiger partial charge on any atom is 0.227 e. The Balaban J connectivity index is 0.000000164. The highest BCUT2D eigenvalue weighted by molar-refractivity contribution is 6.30. The van der Waals surface area contributed by atoms with E-state index in [0.717, 1.165) is 102 Å². The zero-order valence-electron chi connectivity index (χ0n) is 43.2. The van der Waals surface area contributed by atoms with E-state index in [1.165, 1.54) is 12.1 Å². The van der Waals surface area contributed by atoms with Crippen LogP contribution >= 0.6 is 11.6 Å². The van der Waals surface area contributed by atoms with Gasteiger partial charge in [-0.1, -0.05) is 35.9 Å². The minimum Gasteiger partial charge on any atom is -0.496 e. The predicted octanol–water partition coefficient (Wildman–Crippen LogP) is 13.7. The van der Waals surface area contributed by atoms with Gasteiger partial charge in [-0.2, -0.15) is 0 Å². The summed E-state index contributed by atoms with van der Waals surface area (Å²) in [6, 6.07) is 38.5. The first-order valence-corrected chi connectivity index (χ1v) is 23.8. The van der Waals surface area contributed by atoms with Gasteiger partial charge in [-0.25, -0.2) is 34.3 Å². The fraction of sp³-hybridized carbons (Fsp3) is 0.172. The van der Waals surface area contributed by atoms with Gasteiger partial charge in [0.05, 0.1) is 59.7 Å². The van der Waals surface area contributed by atoms with Crippen LogP contribution in [0.1, 0.15) is 22.3 Å². The molecular weight excluding hydrogens is 973 g/mol. The van der Waals surface area contributed by atoms with Gasteiger partial charge in [0.2, 0.25) is 17.8 Å². The zero-order chi connectivity index (χ0) is 53.4. The fourth-order valence-electron chi connectivity index (χ4n) is 7.63. The summed E-state index contributed by atoms with van der Waals surface area (Å²) in [4.78, 5) is 26.5. The molecule has 0 bridgehead atoms. The number of hydrogen-bond donors (Lipinski definition) is 3. The lowest BCUT2D eigenvalue weighted by Gasteiger charge is -2.13. The molecule has 384 valence electrons. The van der Waals surface area contributed by atoms with Crippen molar-refractivity contribution in [2.24, 2.45) is 0 Å². The second-order valence-electron chi connectivity index (χ2n) is 16.5. The number of anilines is 6. The van der Waals surface area contributed by atoms with Crippen molar-refractivity contribution in [3.05, 3.63) is 179 Å². The number of nitrogens with zero attached hydrogens (tertiary/aromatic N) is 6. The monoisotopic (exact) mass is 1030 g/mol. The molecule has 0 saturated heterocycles. The predicted molar refractivity (Wildman–Crippen MR) is 295 cm³/mol. The lowest BCUT2D eigenvalue weighted by atomic mass is 10.1. The van der Waals surface area contributed by atoms with Gasteiger partial charge < -0.3 is 44.4 Å². The first-order valence-electron chi connectivity index (χ1n) is 23.4. The quantitative estimate of drug-likeness (QED) is 0.0886. The number of benzene rings is 6. The normalized spacial score (nSPS) is 10.4. The molecule has 0 radical (unpaired) electrons. The molecule has 0 amide bonds. The summed E-state index contributed by atoms with van der Waals surface area (Å²) < 4.78 is 45.6. The Labute approximate surface area is 441 Å². The zero-order valence-corrected chi connectivity index (χ0v) is 44.0. The van der Waals surface area contributed by atoms with Crippen molar-refractivity contribution in [1.82, 2.24) is 29.9 Å². The number of halogens is 2. The Morgan fingerprint density at radius 3 is 1.15 bits per heavy atom. The highest BCUT2D eigenvalue weighted by Crippen LogP contribution is 2.37. The lowest BCUT2D eigenvalue weighted by molar-refractivity contribution is 0.389. The summed E-state index contributed by atoms with van der Waals surface area (Å²) in [5.74, 6) is 5.63. The molecule has 3 N–H and O–H groups in total. The van der Waals surface area contributed by atoms with Crippen LogP contribution < -0.4 is 44.4 Å². The Morgan fingerprint density at radius 2 is 0.773 bits per heavy atom. The summed E-state index contributed by atoms with van der Waals surface area (Å²) >= 11 is 6.01. The Kier molecular flexibility index (Phi) is 18.3. The highest BCUT2D eigenvalue weighted by atomic mass is 35.5. The van der Waals surface area contributed by atoms with Crippen LogP contribution in [0.25, 0.3) is 33.8 Å². The molecule has 3 heterocycles. The molecule has 6 aromatic carbocycles. The summed E-state index contributed by atoms with van der Waals surface area (Å²) in [7, 11) is 9.81. The first-order chi connectivity index (χ1) is 36.3. The molecule has 0 fully saturated rings. The van der Waals surface area contributed by atoms with Gasteiger partial charge in [0.1, 0.15) is 40.3 Å². The average molecular weight is 1030 g/mol. The minimum atomic E-state index is -0.293. The van der Waals surface area contributed by atoms with Crippen LogP contribution in [-0.4, -0.2) is 72.6 Å². The van der Waals surface area contributed by atoms with E-state index in [9.17, 15) is 4.39 Å². The number of hydrogen-bond acceptors (Lipinski definition) is 15. The number of methoxy groups -OCH3 is 6. The van der Waals surface area contributed by atoms with E-state index >= 15 is 0 Å². The molecule has 0 aliphatic carbocycles. The van der Waals surface area contributed by atoms with Crippen LogP contribution in [0, 0.1) is 33.5 Å². The summed E-state index contributed by atoms with van der Waals surface area (Å²) in [6.07, 6.45) is 5.10. The van der Waals surface area contributed by atoms with Gasteiger partial charge in [-0.15, -0.1) is 0 Å². The smallest absolute Gasteiger partial charge is 0.227 e. The van der Waals surface area contributed by atoms with E-state index in [2.05, 4.69) is 45.9 Å². The Bertz CT molecular complexity index is 3310. The topological polar surface area (TPSA) is 169 Å². The van der Waals surface area contributed by atoms with Crippen molar-refractivity contribution in [2.75, 3.05) is 58.6 Å². The van der Waals surface area contributed by atoms with E-state index in [-0.39, 0.29) is 5.82 Å². The van der Waals surface area contributed by atoms with Gasteiger partial charge >= 0.3 is 0 Å². The third kappa shape index (κ3) is 13.9. The summed E-state index contributed by atoms with van der Waals surface area (Å²) in [6.45, 7) is 7.89. The van der Waals surface area contributed by atoms with Crippen LogP contribution in [0.4, 0.5) is 39.3 Å². The molecule has 0 saturated carbocycles. The van der Waals surface area contributed by atoms with Crippen molar-refractivity contribution < 1.29 is 32.8 Å². The third-order valence-corrected chi connectivity index (χ3v) is 11.9. The summed E-state index contributed by atoms with van der Waals surface area (Å²) in [5.41, 5.74) is 11.4. The molecule has 9 rings (SSSR count). The molecule has 17 heteroatoms. The SMILES string of the molecule is COc1cc(-c2ccnc(Nc3ccc(F)cc3)n2)cc(OC)c1C.COc1cc(-c2ccnc(Nc3cccc(Cl)c3)n2)cc(OC)c1C.COc1cc(-c2ccnc(Nc3ccccc3C)n2)cc(OC)c1C. The largest absolute Gasteiger partial charge is 0.496 e. The molecule has 15 nitrogen and oxygen atoms in total. The lowest BCUT2D eigenvalue weighted by Crippen LogP contribution is -2.00. The van der Waals surface area contributed by atoms with E-state index in [4.69, 9.17) is 40.0 Å². The van der Waals surface area contributed by atoms with Crippen LogP contribution in [-0.2, 0) is 0 Å². The standard InChI is InChI=1S/C20H21N3O2.C19H18ClN3O2.C19H18FN3O2/c1-13-7-5-6-8-16(13)22-20-21-10-9-17(23-20)15-11-18(24-3)14(2)19(12-15)25-4;1-12-17(24-2)9-13(10-18(12)25-3)16-7-8-21-19(23-16)22-15-6-4-5-14(20)11-15;1-12-17(24-2)10-13(11-18(12)25-3)16-8-9-21-19(23-16)22-15-6-4-14(20)5-7-15/h5-12H,1-4H3,(H,21,22,23);2*4-11H,1-3H3,(H,21,22,23). The fourth-order valence-corrected chi connectivity index (χ4v) is 7.82. The Morgan fingerprint density at radius 1 is 0.400 bits per heavy atom. The molecular formula is C58H57ClFN9O6. The molecule has 9 aromatic rings. The van der Waals surface area contributed by atoms with E-state index < -0.39 is 0 Å². The average Bonchev–Trinajstić information content (AvgIpc) is 3.43. The van der Waals surface area contributed by atoms with Crippen molar-refractivity contribution in [2.45, 2.75) is 27.7 Å². The number of nitrogens with one attached hydrogen (secondary N) is 3. The van der Waals surface area contributed by atoms with Crippen molar-refractivity contribution in [3.63, 3.8) is 0 Å². The van der Waals surface area contributed by atoms with Crippen molar-refractivity contribution >= 4 is 46.5 Å². The molecule has 0 aliphatic rings. The van der Waals surface area contributed by atoms with Gasteiger partial charge in [0.15, 0.2) is 0 Å². The maximum atomic E-state index is 13.0. The molecule has 0 spiro atoms. The second kappa shape index (κ2) is 25.6. The first kappa shape index (κ1) is 53.8. The van der Waals surface area contributed by atoms with Gasteiger partial charge in [-0.3, -0.25) is 0 Å².